The topological polar surface area (TPSA) is 94.5 Å². The van der Waals surface area contributed by atoms with Gasteiger partial charge in [0.1, 0.15) is 11.6 Å². The fourth-order valence-corrected chi connectivity index (χ4v) is 2.89. The van der Waals surface area contributed by atoms with Crippen LogP contribution in [-0.4, -0.2) is 31.3 Å². The maximum Gasteiger partial charge on any atom is 0.225 e. The predicted octanol–water partition coefficient (Wildman–Crippen LogP) is 2.80. The van der Waals surface area contributed by atoms with Crippen LogP contribution in [-0.2, 0) is 13.5 Å². The normalized spacial score (nSPS) is 11.0. The standard InChI is InChI=1S/C19H18FN7/c1-27-17(21)15-16(12-5-4-6-13(20)11-12)24-19(25-18(15)26-27)23-10-8-14-7-2-3-9-22-14/h2-7,9,11H,8,10,21H2,1H3,(H,23,25,26). The summed E-state index contributed by atoms with van der Waals surface area (Å²) in [6.45, 7) is 0.605. The molecule has 3 heterocycles. The van der Waals surface area contributed by atoms with E-state index in [1.807, 2.05) is 18.2 Å². The van der Waals surface area contributed by atoms with Crippen molar-refractivity contribution in [3.05, 3.63) is 60.2 Å². The monoisotopic (exact) mass is 363 g/mol. The number of anilines is 2. The lowest BCUT2D eigenvalue weighted by molar-refractivity contribution is 0.628. The van der Waals surface area contributed by atoms with Crippen LogP contribution in [0.2, 0.25) is 0 Å². The van der Waals surface area contributed by atoms with Gasteiger partial charge in [0, 0.05) is 37.5 Å². The molecule has 8 heteroatoms. The van der Waals surface area contributed by atoms with Gasteiger partial charge >= 0.3 is 0 Å². The van der Waals surface area contributed by atoms with Crippen LogP contribution in [0.3, 0.4) is 0 Å². The minimum atomic E-state index is -0.341. The van der Waals surface area contributed by atoms with Crippen LogP contribution in [0.5, 0.6) is 0 Å². The fraction of sp³-hybridized carbons (Fsp3) is 0.158. The number of benzene rings is 1. The first-order valence-corrected chi connectivity index (χ1v) is 8.52. The largest absolute Gasteiger partial charge is 0.383 e. The lowest BCUT2D eigenvalue weighted by Crippen LogP contribution is -2.09. The van der Waals surface area contributed by atoms with Crippen molar-refractivity contribution in [3.63, 3.8) is 0 Å². The van der Waals surface area contributed by atoms with Gasteiger partial charge in [-0.15, -0.1) is 0 Å². The van der Waals surface area contributed by atoms with Crippen LogP contribution in [0.1, 0.15) is 5.69 Å². The highest BCUT2D eigenvalue weighted by Gasteiger charge is 2.17. The number of rotatable bonds is 5. The summed E-state index contributed by atoms with van der Waals surface area (Å²) in [5.41, 5.74) is 8.74. The van der Waals surface area contributed by atoms with Crippen LogP contribution in [0.25, 0.3) is 22.3 Å². The van der Waals surface area contributed by atoms with Crippen molar-refractivity contribution in [2.45, 2.75) is 6.42 Å². The van der Waals surface area contributed by atoms with Gasteiger partial charge in [-0.25, -0.2) is 9.37 Å². The van der Waals surface area contributed by atoms with Gasteiger partial charge in [-0.05, 0) is 24.3 Å². The number of nitrogen functional groups attached to an aromatic ring is 1. The summed E-state index contributed by atoms with van der Waals surface area (Å²) in [6.07, 6.45) is 2.48. The van der Waals surface area contributed by atoms with Crippen LogP contribution < -0.4 is 11.1 Å². The minimum absolute atomic E-state index is 0.341. The molecule has 0 spiro atoms. The van der Waals surface area contributed by atoms with Crippen molar-refractivity contribution in [2.75, 3.05) is 17.6 Å². The zero-order valence-electron chi connectivity index (χ0n) is 14.7. The summed E-state index contributed by atoms with van der Waals surface area (Å²) in [5.74, 6) is 0.506. The minimum Gasteiger partial charge on any atom is -0.383 e. The maximum absolute atomic E-state index is 13.7. The Labute approximate surface area is 155 Å². The number of fused-ring (bicyclic) bond motifs is 1. The number of nitrogens with one attached hydrogen (secondary N) is 1. The third-order valence-corrected chi connectivity index (χ3v) is 4.23. The first-order chi connectivity index (χ1) is 13.1. The number of hydrogen-bond acceptors (Lipinski definition) is 6. The molecule has 4 aromatic rings. The predicted molar refractivity (Wildman–Crippen MR) is 103 cm³/mol. The summed E-state index contributed by atoms with van der Waals surface area (Å²) in [4.78, 5) is 13.3. The summed E-state index contributed by atoms with van der Waals surface area (Å²) in [7, 11) is 1.74. The fourth-order valence-electron chi connectivity index (χ4n) is 2.89. The molecule has 136 valence electrons. The van der Waals surface area contributed by atoms with E-state index in [1.54, 1.807) is 30.1 Å². The number of nitrogens with two attached hydrogens (primary N) is 1. The highest BCUT2D eigenvalue weighted by Crippen LogP contribution is 2.31. The third-order valence-electron chi connectivity index (χ3n) is 4.23. The molecule has 0 fully saturated rings. The number of halogens is 1. The Morgan fingerprint density at radius 3 is 2.81 bits per heavy atom. The Morgan fingerprint density at radius 2 is 2.04 bits per heavy atom. The van der Waals surface area contributed by atoms with Gasteiger partial charge in [0.05, 0.1) is 11.1 Å². The van der Waals surface area contributed by atoms with E-state index in [-0.39, 0.29) is 5.82 Å². The summed E-state index contributed by atoms with van der Waals surface area (Å²) < 4.78 is 15.3. The van der Waals surface area contributed by atoms with E-state index in [9.17, 15) is 4.39 Å². The van der Waals surface area contributed by atoms with Crippen LogP contribution in [0, 0.1) is 5.82 Å². The molecule has 3 N–H and O–H groups in total. The van der Waals surface area contributed by atoms with Crippen LogP contribution in [0.15, 0.2) is 48.7 Å². The second kappa shape index (κ2) is 6.99. The molecular weight excluding hydrogens is 345 g/mol. The number of aryl methyl sites for hydroxylation is 1. The van der Waals surface area contributed by atoms with E-state index in [2.05, 4.69) is 25.4 Å². The molecule has 0 saturated heterocycles. The van der Waals surface area contributed by atoms with E-state index in [0.29, 0.717) is 40.6 Å². The Bertz CT molecular complexity index is 1090. The number of hydrogen-bond donors (Lipinski definition) is 2. The zero-order chi connectivity index (χ0) is 18.8. The molecule has 0 atom stereocenters. The Kier molecular flexibility index (Phi) is 4.37. The molecule has 7 nitrogen and oxygen atoms in total. The molecule has 0 saturated carbocycles. The van der Waals surface area contributed by atoms with Crippen molar-refractivity contribution in [2.24, 2.45) is 7.05 Å². The average molecular weight is 363 g/mol. The van der Waals surface area contributed by atoms with E-state index < -0.39 is 0 Å². The van der Waals surface area contributed by atoms with Gasteiger partial charge in [0.15, 0.2) is 5.65 Å². The SMILES string of the molecule is Cn1nc2nc(NCCc3ccccn3)nc(-c3cccc(F)c3)c2c1N. The molecule has 0 unspecified atom stereocenters. The lowest BCUT2D eigenvalue weighted by Gasteiger charge is -2.08. The number of aromatic nitrogens is 5. The Balaban J connectivity index is 1.70. The number of pyridine rings is 1. The molecule has 0 amide bonds. The van der Waals surface area contributed by atoms with Crippen LogP contribution in [0.4, 0.5) is 16.2 Å². The van der Waals surface area contributed by atoms with Gasteiger partial charge in [0.2, 0.25) is 5.95 Å². The second-order valence-electron chi connectivity index (χ2n) is 6.11. The number of nitrogens with zero attached hydrogens (tertiary/aromatic N) is 5. The highest BCUT2D eigenvalue weighted by molar-refractivity contribution is 5.98. The van der Waals surface area contributed by atoms with Gasteiger partial charge in [-0.3, -0.25) is 9.67 Å². The maximum atomic E-state index is 13.7. The first-order valence-electron chi connectivity index (χ1n) is 8.52. The van der Waals surface area contributed by atoms with E-state index in [1.165, 1.54) is 12.1 Å². The third kappa shape index (κ3) is 3.41. The summed E-state index contributed by atoms with van der Waals surface area (Å²) in [6, 6.07) is 12.0. The average Bonchev–Trinajstić information content (AvgIpc) is 2.96. The van der Waals surface area contributed by atoms with Gasteiger partial charge in [-0.2, -0.15) is 10.1 Å². The van der Waals surface area contributed by atoms with Crippen molar-refractivity contribution >= 4 is 22.8 Å². The molecule has 0 radical (unpaired) electrons. The van der Waals surface area contributed by atoms with Gasteiger partial charge < -0.3 is 11.1 Å². The molecule has 1 aromatic carbocycles. The highest BCUT2D eigenvalue weighted by atomic mass is 19.1. The summed E-state index contributed by atoms with van der Waals surface area (Å²) in [5, 5.41) is 8.14. The molecule has 0 bridgehead atoms. The Hall–Kier alpha value is -3.55. The van der Waals surface area contributed by atoms with Crippen molar-refractivity contribution in [1.82, 2.24) is 24.7 Å². The smallest absolute Gasteiger partial charge is 0.225 e. The van der Waals surface area contributed by atoms with Crippen molar-refractivity contribution in [3.8, 4) is 11.3 Å². The van der Waals surface area contributed by atoms with Gasteiger partial charge in [-0.1, -0.05) is 18.2 Å². The van der Waals surface area contributed by atoms with Crippen molar-refractivity contribution in [1.29, 1.82) is 0 Å². The molecule has 0 aliphatic rings. The molecule has 27 heavy (non-hydrogen) atoms. The summed E-state index contributed by atoms with van der Waals surface area (Å²) >= 11 is 0. The first kappa shape index (κ1) is 16.9. The second-order valence-corrected chi connectivity index (χ2v) is 6.11. The van der Waals surface area contributed by atoms with E-state index >= 15 is 0 Å². The molecular formula is C19H18FN7. The molecule has 3 aromatic heterocycles. The lowest BCUT2D eigenvalue weighted by atomic mass is 10.1. The Morgan fingerprint density at radius 1 is 1.15 bits per heavy atom. The van der Waals surface area contributed by atoms with E-state index in [0.717, 1.165) is 12.1 Å². The quantitative estimate of drug-likeness (QED) is 0.566. The molecule has 4 rings (SSSR count). The molecule has 0 aliphatic heterocycles. The molecule has 0 aliphatic carbocycles. The zero-order valence-corrected chi connectivity index (χ0v) is 14.7. The van der Waals surface area contributed by atoms with Crippen LogP contribution >= 0.6 is 0 Å². The van der Waals surface area contributed by atoms with Gasteiger partial charge in [0.25, 0.3) is 0 Å². The van der Waals surface area contributed by atoms with E-state index in [4.69, 9.17) is 5.73 Å². The van der Waals surface area contributed by atoms with Crippen molar-refractivity contribution < 1.29 is 4.39 Å².